The zero-order valence-electron chi connectivity index (χ0n) is 10.9. The molecule has 0 spiro atoms. The first-order chi connectivity index (χ1) is 7.90. The predicted octanol–water partition coefficient (Wildman–Crippen LogP) is -0.675. The quantitative estimate of drug-likeness (QED) is 0.469. The lowest BCUT2D eigenvalue weighted by Gasteiger charge is -2.15. The lowest BCUT2D eigenvalue weighted by atomic mass is 9.90. The summed E-state index contributed by atoms with van der Waals surface area (Å²) in [6, 6.07) is -0.301. The smallest absolute Gasteiger partial charge is 0.306 e. The molecule has 7 N–H and O–H groups in total. The van der Waals surface area contributed by atoms with Crippen LogP contribution >= 0.6 is 0 Å². The van der Waals surface area contributed by atoms with Gasteiger partial charge in [-0.1, -0.05) is 13.8 Å². The van der Waals surface area contributed by atoms with Crippen LogP contribution in [0.15, 0.2) is 0 Å². The van der Waals surface area contributed by atoms with Crippen molar-refractivity contribution in [2.45, 2.75) is 45.6 Å². The molecule has 0 aliphatic heterocycles. The minimum absolute atomic E-state index is 0.0398. The average molecular weight is 246 g/mol. The van der Waals surface area contributed by atoms with Crippen molar-refractivity contribution in [1.82, 2.24) is 0 Å². The summed E-state index contributed by atoms with van der Waals surface area (Å²) in [6.07, 6.45) is 2.40. The van der Waals surface area contributed by atoms with Gasteiger partial charge in [-0.25, -0.2) is 0 Å². The lowest BCUT2D eigenvalue weighted by Crippen LogP contribution is -2.67. The summed E-state index contributed by atoms with van der Waals surface area (Å²) < 4.78 is 0. The van der Waals surface area contributed by atoms with Gasteiger partial charge >= 0.3 is 5.97 Å². The van der Waals surface area contributed by atoms with E-state index in [4.69, 9.17) is 5.11 Å². The van der Waals surface area contributed by atoms with Crippen molar-refractivity contribution in [2.75, 3.05) is 6.54 Å². The molecule has 0 aliphatic carbocycles. The Morgan fingerprint density at radius 3 is 2.24 bits per heavy atom. The molecular weight excluding hydrogens is 220 g/mol. The van der Waals surface area contributed by atoms with Gasteiger partial charge < -0.3 is 16.6 Å². The summed E-state index contributed by atoms with van der Waals surface area (Å²) in [4.78, 5) is 22.8. The highest BCUT2D eigenvalue weighted by atomic mass is 16.4. The molecule has 0 fully saturated rings. The Morgan fingerprint density at radius 1 is 1.24 bits per heavy atom. The SMILES string of the molecule is CC(C)C([NH3+])C(=O)CC(CCCC[NH3+])C(=O)O. The van der Waals surface area contributed by atoms with Crippen LogP contribution in [-0.4, -0.2) is 29.4 Å². The molecule has 0 radical (unpaired) electrons. The van der Waals surface area contributed by atoms with Crippen molar-refractivity contribution in [1.29, 1.82) is 0 Å². The molecule has 0 aromatic heterocycles. The average Bonchev–Trinajstić information content (AvgIpc) is 2.26. The molecule has 0 saturated carbocycles. The zero-order valence-corrected chi connectivity index (χ0v) is 10.9. The minimum Gasteiger partial charge on any atom is -0.481 e. The third-order valence-electron chi connectivity index (χ3n) is 3.07. The van der Waals surface area contributed by atoms with Crippen molar-refractivity contribution in [3.8, 4) is 0 Å². The Kier molecular flexibility index (Phi) is 7.74. The van der Waals surface area contributed by atoms with Crippen molar-refractivity contribution in [3.05, 3.63) is 0 Å². The Bertz CT molecular complexity index is 254. The first-order valence-corrected chi connectivity index (χ1v) is 6.28. The van der Waals surface area contributed by atoms with Crippen LogP contribution in [-0.2, 0) is 9.59 Å². The summed E-state index contributed by atoms with van der Waals surface area (Å²) in [6.45, 7) is 4.66. The first-order valence-electron chi connectivity index (χ1n) is 6.28. The van der Waals surface area contributed by atoms with Crippen LogP contribution in [0.1, 0.15) is 39.5 Å². The molecule has 0 aliphatic rings. The first kappa shape index (κ1) is 16.1. The van der Waals surface area contributed by atoms with Crippen LogP contribution in [0.2, 0.25) is 0 Å². The monoisotopic (exact) mass is 246 g/mol. The molecule has 5 heteroatoms. The van der Waals surface area contributed by atoms with E-state index in [0.29, 0.717) is 6.42 Å². The number of quaternary nitrogens is 2. The van der Waals surface area contributed by atoms with Crippen molar-refractivity contribution in [2.24, 2.45) is 11.8 Å². The van der Waals surface area contributed by atoms with Crippen LogP contribution in [0.4, 0.5) is 0 Å². The van der Waals surface area contributed by atoms with Gasteiger partial charge in [0.05, 0.1) is 12.5 Å². The highest BCUT2D eigenvalue weighted by Gasteiger charge is 2.27. The fourth-order valence-electron chi connectivity index (χ4n) is 1.65. The maximum Gasteiger partial charge on any atom is 0.306 e. The van der Waals surface area contributed by atoms with Crippen molar-refractivity contribution >= 4 is 11.8 Å². The van der Waals surface area contributed by atoms with Crippen LogP contribution in [0.3, 0.4) is 0 Å². The van der Waals surface area contributed by atoms with Gasteiger partial charge in [0, 0.05) is 12.3 Å². The summed E-state index contributed by atoms with van der Waals surface area (Å²) in [5.41, 5.74) is 7.51. The molecule has 0 amide bonds. The van der Waals surface area contributed by atoms with Gasteiger partial charge in [0.15, 0.2) is 5.78 Å². The molecule has 5 nitrogen and oxygen atoms in total. The number of carboxylic acids is 1. The predicted molar refractivity (Wildman–Crippen MR) is 63.9 cm³/mol. The number of rotatable bonds is 9. The Labute approximate surface area is 103 Å². The molecular formula is C12H26N2O3+2. The molecule has 0 saturated heterocycles. The van der Waals surface area contributed by atoms with Crippen molar-refractivity contribution in [3.63, 3.8) is 0 Å². The second-order valence-corrected chi connectivity index (χ2v) is 4.91. The molecule has 2 atom stereocenters. The number of ketones is 1. The number of aliphatic carboxylic acids is 1. The standard InChI is InChI=1S/C12H24N2O3/c1-8(2)11(14)10(15)7-9(12(16)17)5-3-4-6-13/h8-9,11H,3-7,13-14H2,1-2H3,(H,16,17)/p+2. The highest BCUT2D eigenvalue weighted by molar-refractivity contribution is 5.86. The molecule has 0 bridgehead atoms. The van der Waals surface area contributed by atoms with E-state index in [1.807, 2.05) is 13.8 Å². The third-order valence-corrected chi connectivity index (χ3v) is 3.07. The van der Waals surface area contributed by atoms with Gasteiger partial charge in [-0.15, -0.1) is 0 Å². The van der Waals surface area contributed by atoms with Gasteiger partial charge in [0.25, 0.3) is 0 Å². The van der Waals surface area contributed by atoms with Gasteiger partial charge in [0.1, 0.15) is 6.04 Å². The second kappa shape index (κ2) is 8.20. The molecule has 0 rings (SSSR count). The van der Waals surface area contributed by atoms with Crippen LogP contribution in [0.25, 0.3) is 0 Å². The van der Waals surface area contributed by atoms with Crippen LogP contribution < -0.4 is 11.5 Å². The maximum atomic E-state index is 11.8. The molecule has 0 heterocycles. The molecule has 100 valence electrons. The highest BCUT2D eigenvalue weighted by Crippen LogP contribution is 2.15. The van der Waals surface area contributed by atoms with E-state index in [-0.39, 0.29) is 24.2 Å². The summed E-state index contributed by atoms with van der Waals surface area (Å²) in [7, 11) is 0. The third kappa shape index (κ3) is 6.38. The summed E-state index contributed by atoms with van der Waals surface area (Å²) in [5, 5.41) is 9.05. The molecule has 0 aromatic rings. The second-order valence-electron chi connectivity index (χ2n) is 4.91. The van der Waals surface area contributed by atoms with Gasteiger partial charge in [-0.2, -0.15) is 0 Å². The fourth-order valence-corrected chi connectivity index (χ4v) is 1.65. The van der Waals surface area contributed by atoms with E-state index in [0.717, 1.165) is 19.4 Å². The minimum atomic E-state index is -0.877. The lowest BCUT2D eigenvalue weighted by molar-refractivity contribution is -0.413. The number of Topliss-reactive ketones (excluding diaryl/α,β-unsaturated/α-hetero) is 1. The van der Waals surface area contributed by atoms with E-state index in [1.54, 1.807) is 0 Å². The Hall–Kier alpha value is -0.940. The van der Waals surface area contributed by atoms with E-state index in [1.165, 1.54) is 0 Å². The van der Waals surface area contributed by atoms with E-state index < -0.39 is 11.9 Å². The number of unbranched alkanes of at least 4 members (excludes halogenated alkanes) is 1. The van der Waals surface area contributed by atoms with Crippen molar-refractivity contribution < 1.29 is 26.2 Å². The van der Waals surface area contributed by atoms with Gasteiger partial charge in [0.2, 0.25) is 0 Å². The van der Waals surface area contributed by atoms with E-state index >= 15 is 0 Å². The molecule has 17 heavy (non-hydrogen) atoms. The van der Waals surface area contributed by atoms with Crippen LogP contribution in [0.5, 0.6) is 0 Å². The largest absolute Gasteiger partial charge is 0.481 e. The van der Waals surface area contributed by atoms with Gasteiger partial charge in [-0.3, -0.25) is 9.59 Å². The number of carbonyl (C=O) groups excluding carboxylic acids is 1. The Balaban J connectivity index is 4.25. The normalized spacial score (nSPS) is 14.6. The maximum absolute atomic E-state index is 11.8. The fraction of sp³-hybridized carbons (Fsp3) is 0.833. The topological polar surface area (TPSA) is 110 Å². The van der Waals surface area contributed by atoms with E-state index in [9.17, 15) is 9.59 Å². The number of hydrogen-bond donors (Lipinski definition) is 3. The zero-order chi connectivity index (χ0) is 13.4. The van der Waals surface area contributed by atoms with Crippen LogP contribution in [0, 0.1) is 11.8 Å². The Morgan fingerprint density at radius 2 is 1.82 bits per heavy atom. The summed E-state index contributed by atoms with van der Waals surface area (Å²) in [5.74, 6) is -1.31. The number of carbonyl (C=O) groups is 2. The number of hydrogen-bond acceptors (Lipinski definition) is 2. The molecule has 2 unspecified atom stereocenters. The number of carboxylic acid groups (broad SMARTS) is 1. The summed E-state index contributed by atoms with van der Waals surface area (Å²) >= 11 is 0. The van der Waals surface area contributed by atoms with Gasteiger partial charge in [-0.05, 0) is 19.3 Å². The van der Waals surface area contributed by atoms with E-state index in [2.05, 4.69) is 11.5 Å². The molecule has 0 aromatic carbocycles.